The maximum Gasteiger partial charge on any atom is 0.391 e. The van der Waals surface area contributed by atoms with E-state index in [9.17, 15) is 22.8 Å². The molecule has 0 spiro atoms. The van der Waals surface area contributed by atoms with E-state index in [1.165, 1.54) is 0 Å². The highest BCUT2D eigenvalue weighted by molar-refractivity contribution is 5.83. The number of hydrogen-bond donors (Lipinski definition) is 2. The normalized spacial score (nSPS) is 36.5. The van der Waals surface area contributed by atoms with Crippen LogP contribution in [0, 0.1) is 29.6 Å². The largest absolute Gasteiger partial charge is 0.391 e. The predicted molar refractivity (Wildman–Crippen MR) is 119 cm³/mol. The molecule has 7 atom stereocenters. The Morgan fingerprint density at radius 2 is 1.82 bits per heavy atom. The van der Waals surface area contributed by atoms with E-state index in [2.05, 4.69) is 15.5 Å². The lowest BCUT2D eigenvalue weighted by atomic mass is 9.70. The lowest BCUT2D eigenvalue weighted by Gasteiger charge is -2.48. The summed E-state index contributed by atoms with van der Waals surface area (Å²) in [7, 11) is 0. The van der Waals surface area contributed by atoms with Crippen LogP contribution in [0.25, 0.3) is 0 Å². The summed E-state index contributed by atoms with van der Waals surface area (Å²) in [5.41, 5.74) is 0. The van der Waals surface area contributed by atoms with Crippen LogP contribution in [0.3, 0.4) is 0 Å². The smallest absolute Gasteiger partial charge is 0.381 e. The SMILES string of the molecule is CCN(C1CCOCC1)C1CC(C(F)(F)F)CC(C(=O)NCC2C(=O)NC(C)CC2C)C1C. The van der Waals surface area contributed by atoms with E-state index in [4.69, 9.17) is 4.74 Å². The molecule has 3 aliphatic rings. The van der Waals surface area contributed by atoms with Crippen LogP contribution in [-0.4, -0.2) is 67.3 Å². The third kappa shape index (κ3) is 6.21. The first kappa shape index (κ1) is 26.3. The fraction of sp³-hybridized carbons (Fsp3) is 0.917. The van der Waals surface area contributed by atoms with Crippen LogP contribution >= 0.6 is 0 Å². The van der Waals surface area contributed by atoms with Crippen LogP contribution in [0.15, 0.2) is 0 Å². The van der Waals surface area contributed by atoms with Crippen molar-refractivity contribution in [3.05, 3.63) is 0 Å². The molecule has 1 saturated carbocycles. The highest BCUT2D eigenvalue weighted by atomic mass is 19.4. The molecule has 1 aliphatic carbocycles. The summed E-state index contributed by atoms with van der Waals surface area (Å²) in [6.07, 6.45) is -2.07. The Morgan fingerprint density at radius 3 is 2.39 bits per heavy atom. The summed E-state index contributed by atoms with van der Waals surface area (Å²) < 4.78 is 47.1. The van der Waals surface area contributed by atoms with Crippen molar-refractivity contribution in [3.8, 4) is 0 Å². The summed E-state index contributed by atoms with van der Waals surface area (Å²) in [5.74, 6) is -3.13. The fourth-order valence-electron chi connectivity index (χ4n) is 6.25. The van der Waals surface area contributed by atoms with Gasteiger partial charge in [-0.05, 0) is 57.4 Å². The summed E-state index contributed by atoms with van der Waals surface area (Å²) in [4.78, 5) is 27.7. The van der Waals surface area contributed by atoms with E-state index in [-0.39, 0.29) is 67.1 Å². The molecule has 6 nitrogen and oxygen atoms in total. The lowest BCUT2D eigenvalue weighted by molar-refractivity contribution is -0.198. The van der Waals surface area contributed by atoms with Gasteiger partial charge >= 0.3 is 6.18 Å². The molecule has 0 aromatic carbocycles. The van der Waals surface area contributed by atoms with Gasteiger partial charge in [-0.3, -0.25) is 14.5 Å². The zero-order valence-corrected chi connectivity index (χ0v) is 20.3. The molecule has 2 amide bonds. The van der Waals surface area contributed by atoms with Gasteiger partial charge in [-0.15, -0.1) is 0 Å². The van der Waals surface area contributed by atoms with Crippen molar-refractivity contribution in [1.29, 1.82) is 0 Å². The van der Waals surface area contributed by atoms with E-state index in [1.807, 2.05) is 27.7 Å². The van der Waals surface area contributed by atoms with Crippen LogP contribution in [0.5, 0.6) is 0 Å². The fourth-order valence-corrected chi connectivity index (χ4v) is 6.25. The molecule has 2 N–H and O–H groups in total. The van der Waals surface area contributed by atoms with Gasteiger partial charge in [0.1, 0.15) is 0 Å². The van der Waals surface area contributed by atoms with Crippen LogP contribution in [-0.2, 0) is 14.3 Å². The van der Waals surface area contributed by atoms with Gasteiger partial charge in [0.25, 0.3) is 0 Å². The number of piperidine rings is 1. The molecule has 9 heteroatoms. The van der Waals surface area contributed by atoms with Gasteiger partial charge in [0, 0.05) is 43.8 Å². The first-order valence-corrected chi connectivity index (χ1v) is 12.5. The van der Waals surface area contributed by atoms with E-state index >= 15 is 0 Å². The molecule has 0 radical (unpaired) electrons. The number of carbonyl (C=O) groups is 2. The Morgan fingerprint density at radius 1 is 1.15 bits per heavy atom. The average molecular weight is 476 g/mol. The lowest BCUT2D eigenvalue weighted by Crippen LogP contribution is -2.56. The number of rotatable bonds is 6. The van der Waals surface area contributed by atoms with Crippen LogP contribution in [0.2, 0.25) is 0 Å². The van der Waals surface area contributed by atoms with Gasteiger partial charge < -0.3 is 15.4 Å². The van der Waals surface area contributed by atoms with Gasteiger partial charge in [-0.2, -0.15) is 13.2 Å². The molecule has 2 aliphatic heterocycles. The van der Waals surface area contributed by atoms with Crippen molar-refractivity contribution in [2.24, 2.45) is 29.6 Å². The third-order valence-corrected chi connectivity index (χ3v) is 8.19. The van der Waals surface area contributed by atoms with E-state index in [0.717, 1.165) is 19.3 Å². The van der Waals surface area contributed by atoms with Crippen molar-refractivity contribution in [2.45, 2.75) is 84.1 Å². The second-order valence-corrected chi connectivity index (χ2v) is 10.4. The Labute approximate surface area is 195 Å². The Bertz CT molecular complexity index is 684. The number of halogens is 3. The minimum absolute atomic E-state index is 0.0274. The van der Waals surface area contributed by atoms with Gasteiger partial charge in [0.15, 0.2) is 0 Å². The molecular formula is C24H40F3N3O3. The Hall–Kier alpha value is -1.35. The van der Waals surface area contributed by atoms with Gasteiger partial charge in [0.2, 0.25) is 11.8 Å². The van der Waals surface area contributed by atoms with Crippen molar-refractivity contribution < 1.29 is 27.5 Å². The average Bonchev–Trinajstić information content (AvgIpc) is 2.74. The number of carbonyl (C=O) groups excluding carboxylic acids is 2. The highest BCUT2D eigenvalue weighted by Gasteiger charge is 2.51. The molecular weight excluding hydrogens is 435 g/mol. The van der Waals surface area contributed by atoms with Gasteiger partial charge in [-0.1, -0.05) is 20.8 Å². The summed E-state index contributed by atoms with van der Waals surface area (Å²) in [6, 6.07) is -0.0380. The first-order valence-electron chi connectivity index (χ1n) is 12.5. The molecule has 3 rings (SSSR count). The van der Waals surface area contributed by atoms with Crippen LogP contribution < -0.4 is 10.6 Å². The monoisotopic (exact) mass is 475 g/mol. The summed E-state index contributed by atoms with van der Waals surface area (Å²) in [6.45, 7) is 9.89. The molecule has 190 valence electrons. The molecule has 0 aromatic heterocycles. The predicted octanol–water partition coefficient (Wildman–Crippen LogP) is 3.36. The summed E-state index contributed by atoms with van der Waals surface area (Å²) in [5, 5.41) is 5.76. The number of hydrogen-bond acceptors (Lipinski definition) is 4. The molecule has 3 fully saturated rings. The number of amides is 2. The van der Waals surface area contributed by atoms with Crippen LogP contribution in [0.4, 0.5) is 13.2 Å². The van der Waals surface area contributed by atoms with Crippen LogP contribution in [0.1, 0.15) is 59.8 Å². The number of nitrogens with one attached hydrogen (secondary N) is 2. The van der Waals surface area contributed by atoms with E-state index in [0.29, 0.717) is 19.8 Å². The highest BCUT2D eigenvalue weighted by Crippen LogP contribution is 2.45. The third-order valence-electron chi connectivity index (χ3n) is 8.19. The number of ether oxygens (including phenoxy) is 1. The molecule has 2 saturated heterocycles. The minimum Gasteiger partial charge on any atom is -0.381 e. The molecule has 0 aromatic rings. The van der Waals surface area contributed by atoms with E-state index < -0.39 is 18.0 Å². The summed E-state index contributed by atoms with van der Waals surface area (Å²) >= 11 is 0. The Balaban J connectivity index is 1.73. The van der Waals surface area contributed by atoms with Gasteiger partial charge in [0.05, 0.1) is 11.8 Å². The van der Waals surface area contributed by atoms with Crippen molar-refractivity contribution in [1.82, 2.24) is 15.5 Å². The number of alkyl halides is 3. The molecule has 7 unspecified atom stereocenters. The maximum atomic E-state index is 13.9. The second-order valence-electron chi connectivity index (χ2n) is 10.4. The zero-order chi connectivity index (χ0) is 24.3. The first-order chi connectivity index (χ1) is 15.5. The van der Waals surface area contributed by atoms with Crippen molar-refractivity contribution in [3.63, 3.8) is 0 Å². The standard InChI is InChI=1S/C24H40F3N3O3/c1-5-30(18-6-8-33-9-7-18)21-12-17(24(25,26)27)11-19(16(21)4)22(31)28-13-20-14(2)10-15(3)29-23(20)32/h14-21H,5-13H2,1-4H3,(H,28,31)(H,29,32). The van der Waals surface area contributed by atoms with Crippen molar-refractivity contribution >= 4 is 11.8 Å². The Kier molecular flexibility index (Phi) is 8.70. The molecule has 2 heterocycles. The number of nitrogens with zero attached hydrogens (tertiary/aromatic N) is 1. The quantitative estimate of drug-likeness (QED) is 0.618. The van der Waals surface area contributed by atoms with Crippen molar-refractivity contribution in [2.75, 3.05) is 26.3 Å². The molecule has 33 heavy (non-hydrogen) atoms. The zero-order valence-electron chi connectivity index (χ0n) is 20.3. The topological polar surface area (TPSA) is 70.7 Å². The molecule has 0 bridgehead atoms. The minimum atomic E-state index is -4.33. The maximum absolute atomic E-state index is 13.9. The van der Waals surface area contributed by atoms with E-state index in [1.54, 1.807) is 0 Å². The second kappa shape index (κ2) is 10.9. The van der Waals surface area contributed by atoms with Gasteiger partial charge in [-0.25, -0.2) is 0 Å².